The van der Waals surface area contributed by atoms with E-state index in [1.54, 1.807) is 18.2 Å². The van der Waals surface area contributed by atoms with Crippen LogP contribution >= 0.6 is 0 Å². The van der Waals surface area contributed by atoms with Crippen molar-refractivity contribution in [3.8, 4) is 17.2 Å². The van der Waals surface area contributed by atoms with Crippen LogP contribution < -0.4 is 25.3 Å². The number of alkyl halides is 3. The van der Waals surface area contributed by atoms with Crippen molar-refractivity contribution in [3.05, 3.63) is 47.5 Å². The Hall–Kier alpha value is -3.96. The number of amides is 3. The lowest BCUT2D eigenvalue weighted by atomic mass is 10.1. The molecule has 3 N–H and O–H groups in total. The van der Waals surface area contributed by atoms with Gasteiger partial charge < -0.3 is 30.2 Å². The molecule has 0 saturated carbocycles. The summed E-state index contributed by atoms with van der Waals surface area (Å²) in [6.45, 7) is 0.578. The fourth-order valence-corrected chi connectivity index (χ4v) is 2.97. The van der Waals surface area contributed by atoms with Crippen molar-refractivity contribution in [2.45, 2.75) is 19.6 Å². The van der Waals surface area contributed by atoms with Gasteiger partial charge in [0.2, 0.25) is 5.75 Å². The zero-order valence-corrected chi connectivity index (χ0v) is 18.7. The molecule has 2 aromatic carbocycles. The molecule has 184 valence electrons. The molecular weight excluding hydrogens is 459 g/mol. The van der Waals surface area contributed by atoms with Crippen LogP contribution in [-0.4, -0.2) is 56.2 Å². The molecule has 2 aromatic rings. The standard InChI is InChI=1S/C22H24F3N3O6/c1-4-28(21(31)22(23,24)25)11-13-6-5-7-15(8-13)27-20(30)14-9-16(32-2)19(17(10-14)33-3)34-12-18(26)29/h5-10H,4,11-12H2,1-3H3,(H2,26,29)(H,27,30). The van der Waals surface area contributed by atoms with Gasteiger partial charge in [0.25, 0.3) is 11.8 Å². The Labute approximate surface area is 193 Å². The summed E-state index contributed by atoms with van der Waals surface area (Å²) < 4.78 is 54.0. The number of nitrogens with one attached hydrogen (secondary N) is 1. The fraction of sp³-hybridized carbons (Fsp3) is 0.318. The Balaban J connectivity index is 2.24. The molecule has 0 atom stereocenters. The number of rotatable bonds is 10. The normalized spacial score (nSPS) is 10.9. The monoisotopic (exact) mass is 483 g/mol. The molecular formula is C22H24F3N3O6. The Kier molecular flexibility index (Phi) is 8.70. The zero-order valence-electron chi connectivity index (χ0n) is 18.7. The van der Waals surface area contributed by atoms with Crippen molar-refractivity contribution in [2.75, 3.05) is 32.7 Å². The number of nitrogens with two attached hydrogens (primary N) is 1. The number of anilines is 1. The lowest BCUT2D eigenvalue weighted by Crippen LogP contribution is -2.40. The highest BCUT2D eigenvalue weighted by Crippen LogP contribution is 2.38. The summed E-state index contributed by atoms with van der Waals surface area (Å²) in [7, 11) is 2.66. The summed E-state index contributed by atoms with van der Waals surface area (Å²) in [5.74, 6) is -2.93. The van der Waals surface area contributed by atoms with Crippen LogP contribution in [0.25, 0.3) is 0 Å². The molecule has 0 radical (unpaired) electrons. The summed E-state index contributed by atoms with van der Waals surface area (Å²) in [5.41, 5.74) is 5.90. The predicted molar refractivity (Wildman–Crippen MR) is 116 cm³/mol. The van der Waals surface area contributed by atoms with E-state index in [1.807, 2.05) is 0 Å². The van der Waals surface area contributed by atoms with Crippen LogP contribution in [0.5, 0.6) is 17.2 Å². The highest BCUT2D eigenvalue weighted by molar-refractivity contribution is 6.05. The molecule has 0 fully saturated rings. The van der Waals surface area contributed by atoms with Crippen LogP contribution in [0.4, 0.5) is 18.9 Å². The minimum atomic E-state index is -4.98. The van der Waals surface area contributed by atoms with Gasteiger partial charge in [-0.25, -0.2) is 0 Å². The number of nitrogens with zero attached hydrogens (tertiary/aromatic N) is 1. The highest BCUT2D eigenvalue weighted by Gasteiger charge is 2.41. The van der Waals surface area contributed by atoms with Gasteiger partial charge >= 0.3 is 12.1 Å². The van der Waals surface area contributed by atoms with E-state index in [-0.39, 0.29) is 35.9 Å². The van der Waals surface area contributed by atoms with Gasteiger partial charge in [0.15, 0.2) is 18.1 Å². The van der Waals surface area contributed by atoms with E-state index >= 15 is 0 Å². The molecule has 34 heavy (non-hydrogen) atoms. The average molecular weight is 483 g/mol. The van der Waals surface area contributed by atoms with Gasteiger partial charge in [-0.1, -0.05) is 12.1 Å². The number of carbonyl (C=O) groups excluding carboxylic acids is 3. The molecule has 9 nitrogen and oxygen atoms in total. The number of benzene rings is 2. The number of hydrogen-bond donors (Lipinski definition) is 2. The Bertz CT molecular complexity index is 1030. The third-order valence-corrected chi connectivity index (χ3v) is 4.55. The van der Waals surface area contributed by atoms with Crippen molar-refractivity contribution in [1.29, 1.82) is 0 Å². The van der Waals surface area contributed by atoms with E-state index < -0.39 is 30.5 Å². The largest absolute Gasteiger partial charge is 0.493 e. The lowest BCUT2D eigenvalue weighted by Gasteiger charge is -2.22. The highest BCUT2D eigenvalue weighted by atomic mass is 19.4. The minimum absolute atomic E-state index is 0.0799. The van der Waals surface area contributed by atoms with Gasteiger partial charge in [-0.05, 0) is 36.8 Å². The van der Waals surface area contributed by atoms with E-state index in [0.29, 0.717) is 16.2 Å². The molecule has 0 aliphatic rings. The Morgan fingerprint density at radius 3 is 2.18 bits per heavy atom. The Morgan fingerprint density at radius 2 is 1.68 bits per heavy atom. The number of methoxy groups -OCH3 is 2. The van der Waals surface area contributed by atoms with Crippen LogP contribution in [0.1, 0.15) is 22.8 Å². The topological polar surface area (TPSA) is 120 Å². The lowest BCUT2D eigenvalue weighted by molar-refractivity contribution is -0.185. The summed E-state index contributed by atoms with van der Waals surface area (Å²) in [6.07, 6.45) is -4.98. The van der Waals surface area contributed by atoms with Gasteiger partial charge in [0.05, 0.1) is 14.2 Å². The molecule has 2 rings (SSSR count). The first-order valence-electron chi connectivity index (χ1n) is 9.93. The van der Waals surface area contributed by atoms with E-state index in [1.165, 1.54) is 39.3 Å². The van der Waals surface area contributed by atoms with Gasteiger partial charge in [-0.2, -0.15) is 13.2 Å². The maximum Gasteiger partial charge on any atom is 0.471 e. The van der Waals surface area contributed by atoms with Gasteiger partial charge in [-0.15, -0.1) is 0 Å². The molecule has 0 aliphatic carbocycles. The SMILES string of the molecule is CCN(Cc1cccc(NC(=O)c2cc(OC)c(OCC(N)=O)c(OC)c2)c1)C(=O)C(F)(F)F. The van der Waals surface area contributed by atoms with Gasteiger partial charge in [0.1, 0.15) is 0 Å². The molecule has 0 aromatic heterocycles. The van der Waals surface area contributed by atoms with Crippen LogP contribution in [0.15, 0.2) is 36.4 Å². The maximum atomic E-state index is 12.8. The van der Waals surface area contributed by atoms with Crippen molar-refractivity contribution in [1.82, 2.24) is 4.90 Å². The third-order valence-electron chi connectivity index (χ3n) is 4.55. The average Bonchev–Trinajstić information content (AvgIpc) is 2.79. The summed E-state index contributed by atoms with van der Waals surface area (Å²) in [4.78, 5) is 36.0. The first-order valence-corrected chi connectivity index (χ1v) is 9.93. The van der Waals surface area contributed by atoms with E-state index in [9.17, 15) is 27.6 Å². The van der Waals surface area contributed by atoms with Crippen LogP contribution in [0.2, 0.25) is 0 Å². The van der Waals surface area contributed by atoms with E-state index in [0.717, 1.165) is 0 Å². The number of carbonyl (C=O) groups is 3. The Morgan fingerprint density at radius 1 is 1.06 bits per heavy atom. The fourth-order valence-electron chi connectivity index (χ4n) is 2.97. The maximum absolute atomic E-state index is 12.8. The van der Waals surface area contributed by atoms with Crippen molar-refractivity contribution in [3.63, 3.8) is 0 Å². The molecule has 0 unspecified atom stereocenters. The van der Waals surface area contributed by atoms with E-state index in [4.69, 9.17) is 19.9 Å². The summed E-state index contributed by atoms with van der Waals surface area (Å²) >= 11 is 0. The molecule has 0 bridgehead atoms. The van der Waals surface area contributed by atoms with E-state index in [2.05, 4.69) is 5.32 Å². The van der Waals surface area contributed by atoms with Crippen LogP contribution in [-0.2, 0) is 16.1 Å². The molecule has 3 amide bonds. The van der Waals surface area contributed by atoms with Crippen LogP contribution in [0, 0.1) is 0 Å². The molecule has 12 heteroatoms. The number of ether oxygens (including phenoxy) is 3. The molecule has 0 aliphatic heterocycles. The summed E-state index contributed by atoms with van der Waals surface area (Å²) in [5, 5.41) is 2.63. The molecule has 0 heterocycles. The second-order valence-corrected chi connectivity index (χ2v) is 6.94. The summed E-state index contributed by atoms with van der Waals surface area (Å²) in [6, 6.07) is 8.81. The van der Waals surface area contributed by atoms with Gasteiger partial charge in [-0.3, -0.25) is 14.4 Å². The first-order chi connectivity index (χ1) is 16.0. The second-order valence-electron chi connectivity index (χ2n) is 6.94. The number of hydrogen-bond acceptors (Lipinski definition) is 6. The van der Waals surface area contributed by atoms with Crippen molar-refractivity contribution < 1.29 is 41.8 Å². The predicted octanol–water partition coefficient (Wildman–Crippen LogP) is 2.73. The quantitative estimate of drug-likeness (QED) is 0.536. The third kappa shape index (κ3) is 6.77. The first kappa shape index (κ1) is 26.3. The number of halogens is 3. The number of primary amides is 1. The van der Waals surface area contributed by atoms with Crippen molar-refractivity contribution >= 4 is 23.4 Å². The zero-order chi connectivity index (χ0) is 25.5. The second kappa shape index (κ2) is 11.3. The minimum Gasteiger partial charge on any atom is -0.493 e. The smallest absolute Gasteiger partial charge is 0.471 e. The van der Waals surface area contributed by atoms with Gasteiger partial charge in [0, 0.05) is 24.3 Å². The molecule has 0 spiro atoms. The van der Waals surface area contributed by atoms with Crippen molar-refractivity contribution in [2.24, 2.45) is 5.73 Å². The van der Waals surface area contributed by atoms with Crippen LogP contribution in [0.3, 0.4) is 0 Å². The molecule has 0 saturated heterocycles.